The number of carboxylic acids is 2. The van der Waals surface area contributed by atoms with Gasteiger partial charge in [0.25, 0.3) is 5.91 Å². The molecule has 194 valence electrons. The molecule has 2 unspecified atom stereocenters. The second-order valence-electron chi connectivity index (χ2n) is 9.24. The molecule has 0 bridgehead atoms. The Hall–Kier alpha value is -2.37. The summed E-state index contributed by atoms with van der Waals surface area (Å²) < 4.78 is 32.0. The topological polar surface area (TPSA) is 125 Å². The zero-order valence-corrected chi connectivity index (χ0v) is 20.4. The number of carbonyl (C=O) groups is 3. The summed E-state index contributed by atoms with van der Waals surface area (Å²) in [5.74, 6) is -4.70. The predicted molar refractivity (Wildman–Crippen MR) is 126 cm³/mol. The van der Waals surface area contributed by atoms with Crippen molar-refractivity contribution in [3.05, 3.63) is 33.5 Å². The maximum atomic E-state index is 13.3. The zero-order valence-electron chi connectivity index (χ0n) is 19.6. The molecule has 8 nitrogen and oxygen atoms in total. The zero-order chi connectivity index (χ0) is 25.6. The van der Waals surface area contributed by atoms with Gasteiger partial charge in [0.1, 0.15) is 0 Å². The molecule has 2 atom stereocenters. The van der Waals surface area contributed by atoms with Gasteiger partial charge in [0, 0.05) is 67.1 Å². The van der Waals surface area contributed by atoms with Gasteiger partial charge in [-0.1, -0.05) is 0 Å². The van der Waals surface area contributed by atoms with Crippen molar-refractivity contribution >= 4 is 29.2 Å². The fourth-order valence-electron chi connectivity index (χ4n) is 4.45. The van der Waals surface area contributed by atoms with E-state index in [0.717, 1.165) is 32.5 Å². The van der Waals surface area contributed by atoms with Crippen molar-refractivity contribution in [2.24, 2.45) is 0 Å². The number of hydrogen-bond donors (Lipinski definition) is 4. The van der Waals surface area contributed by atoms with Crippen molar-refractivity contribution in [3.63, 3.8) is 0 Å². The van der Waals surface area contributed by atoms with E-state index in [1.54, 1.807) is 0 Å². The molecule has 0 aromatic carbocycles. The highest BCUT2D eigenvalue weighted by Crippen LogP contribution is 2.45. The number of alkyl halides is 2. The van der Waals surface area contributed by atoms with Crippen LogP contribution in [0, 0.1) is 6.92 Å². The Labute approximate surface area is 206 Å². The van der Waals surface area contributed by atoms with E-state index in [0.29, 0.717) is 47.9 Å². The van der Waals surface area contributed by atoms with Crippen LogP contribution in [-0.4, -0.2) is 65.3 Å². The lowest BCUT2D eigenvalue weighted by Gasteiger charge is -2.28. The van der Waals surface area contributed by atoms with Crippen LogP contribution >= 0.6 is 11.3 Å². The molecular weight excluding hydrogens is 482 g/mol. The van der Waals surface area contributed by atoms with Gasteiger partial charge >= 0.3 is 11.9 Å². The Kier molecular flexibility index (Phi) is 9.37. The molecule has 2 heterocycles. The summed E-state index contributed by atoms with van der Waals surface area (Å²) in [4.78, 5) is 33.6. The standard InChI is InChI=1S/C20H28F2N2O2S.C4H4O4/c1-12-15(16-10-17(16)23-14-4-8-26-9-5-14)11-18(27-12)19(25)24-13-2-6-20(21,22)7-3-13;5-3(6)1-2-4(7)8/h11,13-14,16-17,23H,2-10H2,1H3,(H,24,25);1-2H,(H,5,6)(H,7,8). The largest absolute Gasteiger partial charge is 0.478 e. The first kappa shape index (κ1) is 27.2. The molecule has 4 N–H and O–H groups in total. The van der Waals surface area contributed by atoms with Gasteiger partial charge in [0.05, 0.1) is 4.88 Å². The third-order valence-electron chi connectivity index (χ3n) is 6.46. The number of carboxylic acid groups (broad SMARTS) is 2. The van der Waals surface area contributed by atoms with Crippen LogP contribution in [0.3, 0.4) is 0 Å². The summed E-state index contributed by atoms with van der Waals surface area (Å²) in [5, 5.41) is 22.3. The molecule has 1 saturated heterocycles. The minimum Gasteiger partial charge on any atom is -0.478 e. The Bertz CT molecular complexity index is 918. The molecule has 3 fully saturated rings. The number of thiophene rings is 1. The van der Waals surface area contributed by atoms with Crippen LogP contribution in [0.25, 0.3) is 0 Å². The summed E-state index contributed by atoms with van der Waals surface area (Å²) in [6.45, 7) is 3.75. The third kappa shape index (κ3) is 8.66. The van der Waals surface area contributed by atoms with Crippen LogP contribution in [-0.2, 0) is 14.3 Å². The average molecular weight is 515 g/mol. The Morgan fingerprint density at radius 3 is 2.23 bits per heavy atom. The van der Waals surface area contributed by atoms with E-state index in [-0.39, 0.29) is 24.8 Å². The first-order valence-electron chi connectivity index (χ1n) is 11.8. The van der Waals surface area contributed by atoms with Gasteiger partial charge in [-0.05, 0) is 50.7 Å². The SMILES string of the molecule is Cc1sc(C(=O)NC2CCC(F)(F)CC2)cc1C1CC1NC1CCOCC1.O=C(O)C=CC(=O)O. The second-order valence-corrected chi connectivity index (χ2v) is 10.5. The quantitative estimate of drug-likeness (QED) is 0.409. The third-order valence-corrected chi connectivity index (χ3v) is 7.53. The Balaban J connectivity index is 0.000000371. The van der Waals surface area contributed by atoms with Crippen LogP contribution in [0.5, 0.6) is 0 Å². The fraction of sp³-hybridized carbons (Fsp3) is 0.625. The average Bonchev–Trinajstić information content (AvgIpc) is 3.44. The molecule has 11 heteroatoms. The maximum absolute atomic E-state index is 13.3. The number of halogens is 2. The summed E-state index contributed by atoms with van der Waals surface area (Å²) in [5.41, 5.74) is 1.27. The summed E-state index contributed by atoms with van der Waals surface area (Å²) in [6, 6.07) is 2.92. The van der Waals surface area contributed by atoms with Crippen LogP contribution < -0.4 is 10.6 Å². The minimum atomic E-state index is -2.56. The van der Waals surface area contributed by atoms with Crippen LogP contribution in [0.2, 0.25) is 0 Å². The van der Waals surface area contributed by atoms with Crippen LogP contribution in [0.4, 0.5) is 8.78 Å². The van der Waals surface area contributed by atoms with Crippen LogP contribution in [0.15, 0.2) is 18.2 Å². The van der Waals surface area contributed by atoms with Gasteiger partial charge in [-0.2, -0.15) is 0 Å². The number of amides is 1. The van der Waals surface area contributed by atoms with E-state index >= 15 is 0 Å². The molecule has 1 aliphatic heterocycles. The van der Waals surface area contributed by atoms with Crippen molar-refractivity contribution < 1.29 is 38.1 Å². The second kappa shape index (κ2) is 12.0. The number of carbonyl (C=O) groups excluding carboxylic acids is 1. The molecule has 35 heavy (non-hydrogen) atoms. The normalized spacial score (nSPS) is 24.4. The van der Waals surface area contributed by atoms with Gasteiger partial charge in [-0.3, -0.25) is 4.79 Å². The summed E-state index contributed by atoms with van der Waals surface area (Å²) in [7, 11) is 0. The van der Waals surface area contributed by atoms with E-state index in [2.05, 4.69) is 17.6 Å². The lowest BCUT2D eigenvalue weighted by atomic mass is 9.92. The smallest absolute Gasteiger partial charge is 0.328 e. The highest BCUT2D eigenvalue weighted by atomic mass is 32.1. The summed E-state index contributed by atoms with van der Waals surface area (Å²) >= 11 is 1.52. The highest BCUT2D eigenvalue weighted by Gasteiger charge is 2.41. The van der Waals surface area contributed by atoms with E-state index < -0.39 is 17.9 Å². The lowest BCUT2D eigenvalue weighted by Crippen LogP contribution is -2.40. The molecule has 4 rings (SSSR count). The molecule has 3 aliphatic rings. The van der Waals surface area contributed by atoms with Crippen LogP contribution in [0.1, 0.15) is 71.0 Å². The first-order chi connectivity index (χ1) is 16.5. The number of hydrogen-bond acceptors (Lipinski definition) is 6. The van der Waals surface area contributed by atoms with Gasteiger partial charge in [-0.15, -0.1) is 11.3 Å². The van der Waals surface area contributed by atoms with E-state index in [1.165, 1.54) is 21.8 Å². The number of ether oxygens (including phenoxy) is 1. The van der Waals surface area contributed by atoms with Crippen molar-refractivity contribution in [1.29, 1.82) is 0 Å². The van der Waals surface area contributed by atoms with Gasteiger partial charge in [0.2, 0.25) is 5.92 Å². The highest BCUT2D eigenvalue weighted by molar-refractivity contribution is 7.14. The molecule has 1 aromatic rings. The molecule has 0 spiro atoms. The van der Waals surface area contributed by atoms with E-state index in [9.17, 15) is 23.2 Å². The molecule has 2 saturated carbocycles. The molecule has 0 radical (unpaired) electrons. The number of nitrogens with one attached hydrogen (secondary N) is 2. The minimum absolute atomic E-state index is 0.112. The van der Waals surface area contributed by atoms with Crippen molar-refractivity contribution in [2.45, 2.75) is 81.8 Å². The van der Waals surface area contributed by atoms with Gasteiger partial charge in [0.15, 0.2) is 0 Å². The molecular formula is C24H32F2N2O6S. The Morgan fingerprint density at radius 1 is 1.06 bits per heavy atom. The Morgan fingerprint density at radius 2 is 1.66 bits per heavy atom. The number of aryl methyl sites for hydroxylation is 1. The number of aliphatic carboxylic acids is 2. The van der Waals surface area contributed by atoms with E-state index in [4.69, 9.17) is 14.9 Å². The van der Waals surface area contributed by atoms with Crippen molar-refractivity contribution in [3.8, 4) is 0 Å². The van der Waals surface area contributed by atoms with Gasteiger partial charge in [-0.25, -0.2) is 18.4 Å². The fourth-order valence-corrected chi connectivity index (χ4v) is 5.45. The molecule has 1 aromatic heterocycles. The van der Waals surface area contributed by atoms with Crippen molar-refractivity contribution in [1.82, 2.24) is 10.6 Å². The molecule has 1 amide bonds. The maximum Gasteiger partial charge on any atom is 0.328 e. The lowest BCUT2D eigenvalue weighted by molar-refractivity contribution is -0.134. The van der Waals surface area contributed by atoms with Gasteiger partial charge < -0.3 is 25.6 Å². The van der Waals surface area contributed by atoms with Crippen molar-refractivity contribution in [2.75, 3.05) is 13.2 Å². The van der Waals surface area contributed by atoms with E-state index in [1.807, 2.05) is 6.07 Å². The number of rotatable bonds is 7. The predicted octanol–water partition coefficient (Wildman–Crippen LogP) is 3.70. The first-order valence-corrected chi connectivity index (χ1v) is 12.6. The molecule has 2 aliphatic carbocycles. The summed E-state index contributed by atoms with van der Waals surface area (Å²) in [6.07, 6.45) is 4.83. The monoisotopic (exact) mass is 514 g/mol.